The zero-order valence-corrected chi connectivity index (χ0v) is 11.0. The fourth-order valence-corrected chi connectivity index (χ4v) is 2.29. The summed E-state index contributed by atoms with van der Waals surface area (Å²) in [4.78, 5) is 0. The molecule has 0 aliphatic heterocycles. The summed E-state index contributed by atoms with van der Waals surface area (Å²) in [6, 6.07) is 0. The summed E-state index contributed by atoms with van der Waals surface area (Å²) in [5.41, 5.74) is 0. The Kier molecular flexibility index (Phi) is 12.2. The number of rotatable bonds is 4. The fourth-order valence-electron chi connectivity index (χ4n) is 1.21. The van der Waals surface area contributed by atoms with E-state index in [0.29, 0.717) is 19.6 Å². The lowest BCUT2D eigenvalue weighted by Crippen LogP contribution is -2.55. The van der Waals surface area contributed by atoms with Crippen LogP contribution in [-0.2, 0) is 14.9 Å². The summed E-state index contributed by atoms with van der Waals surface area (Å²) >= 11 is 0. The minimum atomic E-state index is -3.44. The first-order valence-corrected chi connectivity index (χ1v) is 6.14. The first-order chi connectivity index (χ1) is 6.35. The predicted molar refractivity (Wildman–Crippen MR) is 59.9 cm³/mol. The zero-order valence-electron chi connectivity index (χ0n) is 10.2. The highest BCUT2D eigenvalue weighted by molar-refractivity contribution is 7.83. The maximum absolute atomic E-state index is 11.1. The molecule has 0 rings (SSSR count). The van der Waals surface area contributed by atoms with Crippen molar-refractivity contribution in [2.75, 3.05) is 33.9 Å². The minimum Gasteiger partial charge on any atom is -0.870 e. The molecular formula is C8H24N2O4S. The fraction of sp³-hybridized carbons (Fsp3) is 1.00. The van der Waals surface area contributed by atoms with Crippen LogP contribution < -0.4 is 5.14 Å². The molecule has 0 amide bonds. The van der Waals surface area contributed by atoms with Crippen LogP contribution in [0, 0.1) is 0 Å². The zero-order chi connectivity index (χ0) is 11.8. The monoisotopic (exact) mass is 244 g/mol. The quantitative estimate of drug-likeness (QED) is 0.711. The van der Waals surface area contributed by atoms with Gasteiger partial charge in [-0.25, -0.2) is 3.89 Å². The Morgan fingerprint density at radius 2 is 1.27 bits per heavy atom. The molecule has 0 aliphatic rings. The third-order valence-electron chi connectivity index (χ3n) is 2.27. The SMILES string of the molecule is CC[N+](CC)(CC)S(N)(=O)=O.COC.[OH-]. The maximum atomic E-state index is 11.1. The van der Waals surface area contributed by atoms with Gasteiger partial charge in [-0.1, -0.05) is 0 Å². The third-order valence-corrected chi connectivity index (χ3v) is 4.12. The van der Waals surface area contributed by atoms with E-state index in [-0.39, 0.29) is 9.36 Å². The molecule has 0 fully saturated rings. The van der Waals surface area contributed by atoms with Crippen molar-refractivity contribution in [2.45, 2.75) is 20.8 Å². The van der Waals surface area contributed by atoms with Gasteiger partial charge in [-0.3, -0.25) is 0 Å². The Morgan fingerprint density at radius 1 is 1.07 bits per heavy atom. The van der Waals surface area contributed by atoms with Gasteiger partial charge in [0.15, 0.2) is 0 Å². The Labute approximate surface area is 93.1 Å². The van der Waals surface area contributed by atoms with E-state index in [1.54, 1.807) is 14.2 Å². The van der Waals surface area contributed by atoms with Crippen LogP contribution >= 0.6 is 0 Å². The molecule has 0 radical (unpaired) electrons. The van der Waals surface area contributed by atoms with E-state index in [1.807, 2.05) is 20.8 Å². The summed E-state index contributed by atoms with van der Waals surface area (Å²) < 4.78 is 26.4. The second-order valence-corrected chi connectivity index (χ2v) is 4.73. The highest BCUT2D eigenvalue weighted by atomic mass is 32.2. The van der Waals surface area contributed by atoms with Crippen molar-refractivity contribution >= 4 is 10.2 Å². The molecule has 0 saturated heterocycles. The molecule has 6 nitrogen and oxygen atoms in total. The van der Waals surface area contributed by atoms with Gasteiger partial charge in [-0.2, -0.15) is 13.6 Å². The van der Waals surface area contributed by atoms with E-state index in [1.165, 1.54) is 0 Å². The molecule has 7 heteroatoms. The van der Waals surface area contributed by atoms with Gasteiger partial charge in [0.25, 0.3) is 0 Å². The smallest absolute Gasteiger partial charge is 0.367 e. The van der Waals surface area contributed by atoms with Gasteiger partial charge >= 0.3 is 10.2 Å². The van der Waals surface area contributed by atoms with Gasteiger partial charge in [0.2, 0.25) is 0 Å². The van der Waals surface area contributed by atoms with Crippen molar-refractivity contribution in [3.63, 3.8) is 0 Å². The maximum Gasteiger partial charge on any atom is 0.367 e. The lowest BCUT2D eigenvalue weighted by molar-refractivity contribution is -0.800. The van der Waals surface area contributed by atoms with Crippen molar-refractivity contribution in [3.8, 4) is 0 Å². The van der Waals surface area contributed by atoms with E-state index in [9.17, 15) is 8.42 Å². The van der Waals surface area contributed by atoms with E-state index < -0.39 is 10.2 Å². The van der Waals surface area contributed by atoms with Crippen LogP contribution in [0.15, 0.2) is 0 Å². The van der Waals surface area contributed by atoms with Crippen LogP contribution in [0.5, 0.6) is 0 Å². The molecule has 0 bridgehead atoms. The molecule has 0 atom stereocenters. The molecule has 0 aliphatic carbocycles. The molecule has 0 heterocycles. The number of hydrogen-bond donors (Lipinski definition) is 1. The Hall–Kier alpha value is -0.210. The third kappa shape index (κ3) is 6.06. The Bertz CT molecular complexity index is 217. The summed E-state index contributed by atoms with van der Waals surface area (Å²) in [6.45, 7) is 7.09. The average Bonchev–Trinajstić information content (AvgIpc) is 2.07. The lowest BCUT2D eigenvalue weighted by atomic mass is 10.5. The van der Waals surface area contributed by atoms with Gasteiger partial charge in [0.05, 0.1) is 19.6 Å². The molecule has 96 valence electrons. The summed E-state index contributed by atoms with van der Waals surface area (Å²) in [5, 5.41) is 5.09. The molecular weight excluding hydrogens is 220 g/mol. The first kappa shape index (κ1) is 20.2. The van der Waals surface area contributed by atoms with E-state index in [0.717, 1.165) is 0 Å². The summed E-state index contributed by atoms with van der Waals surface area (Å²) in [5.74, 6) is 0. The van der Waals surface area contributed by atoms with Crippen molar-refractivity contribution < 1.29 is 22.5 Å². The number of nitrogens with two attached hydrogens (primary N) is 1. The summed E-state index contributed by atoms with van der Waals surface area (Å²) in [7, 11) is -0.189. The van der Waals surface area contributed by atoms with Crippen LogP contribution in [0.4, 0.5) is 0 Å². The summed E-state index contributed by atoms with van der Waals surface area (Å²) in [6.07, 6.45) is 0. The highest BCUT2D eigenvalue weighted by Gasteiger charge is 2.33. The van der Waals surface area contributed by atoms with Crippen LogP contribution in [0.3, 0.4) is 0 Å². The van der Waals surface area contributed by atoms with Crippen LogP contribution in [0.2, 0.25) is 0 Å². The second kappa shape index (κ2) is 9.05. The molecule has 0 unspecified atom stereocenters. The van der Waals surface area contributed by atoms with Gasteiger partial charge in [0, 0.05) is 14.2 Å². The largest absolute Gasteiger partial charge is 0.870 e. The van der Waals surface area contributed by atoms with Gasteiger partial charge in [-0.05, 0) is 20.8 Å². The number of quaternary nitrogens is 1. The topological polar surface area (TPSA) is 99.4 Å². The molecule has 0 aromatic heterocycles. The molecule has 15 heavy (non-hydrogen) atoms. The van der Waals surface area contributed by atoms with E-state index in [2.05, 4.69) is 4.74 Å². The Morgan fingerprint density at radius 3 is 1.27 bits per heavy atom. The molecule has 0 aromatic rings. The van der Waals surface area contributed by atoms with Gasteiger partial charge in [0.1, 0.15) is 0 Å². The second-order valence-electron chi connectivity index (χ2n) is 2.93. The van der Waals surface area contributed by atoms with Crippen molar-refractivity contribution in [2.24, 2.45) is 5.14 Å². The first-order valence-electron chi connectivity index (χ1n) is 4.64. The highest BCUT2D eigenvalue weighted by Crippen LogP contribution is 2.09. The predicted octanol–water partition coefficient (Wildman–Crippen LogP) is 0.152. The van der Waals surface area contributed by atoms with Crippen molar-refractivity contribution in [1.82, 2.24) is 0 Å². The molecule has 0 aromatic carbocycles. The number of hydrogen-bond acceptors (Lipinski definition) is 4. The molecule has 0 spiro atoms. The van der Waals surface area contributed by atoms with Gasteiger partial charge < -0.3 is 10.2 Å². The number of ether oxygens (including phenoxy) is 1. The molecule has 0 saturated carbocycles. The average molecular weight is 244 g/mol. The van der Waals surface area contributed by atoms with Gasteiger partial charge in [-0.15, -0.1) is 0 Å². The lowest BCUT2D eigenvalue weighted by Gasteiger charge is -2.31. The minimum absolute atomic E-state index is 0. The number of methoxy groups -OCH3 is 1. The van der Waals surface area contributed by atoms with Crippen molar-refractivity contribution in [3.05, 3.63) is 0 Å². The van der Waals surface area contributed by atoms with Crippen LogP contribution in [-0.4, -0.2) is 51.6 Å². The van der Waals surface area contributed by atoms with E-state index in [4.69, 9.17) is 5.14 Å². The Balaban J connectivity index is -0.000000320. The van der Waals surface area contributed by atoms with Crippen LogP contribution in [0.1, 0.15) is 20.8 Å². The molecule has 3 N–H and O–H groups in total. The van der Waals surface area contributed by atoms with E-state index >= 15 is 0 Å². The van der Waals surface area contributed by atoms with Crippen molar-refractivity contribution in [1.29, 1.82) is 0 Å². The van der Waals surface area contributed by atoms with Crippen LogP contribution in [0.25, 0.3) is 0 Å². The standard InChI is InChI=1S/C6H17N2O2S.C2H6O.H2O/c1-4-8(5-2,6-3)11(7,9)10;1-3-2;/h4-6H2,1-3H3,(H2,7,9,10);1-2H3;1H2/q+1;;/p-1. The normalized spacial score (nSPS) is 11.1. The number of nitrogens with zero attached hydrogens (tertiary/aromatic N) is 1.